The van der Waals surface area contributed by atoms with Gasteiger partial charge < -0.3 is 10.2 Å². The molecule has 2 heterocycles. The first-order chi connectivity index (χ1) is 8.59. The van der Waals surface area contributed by atoms with Gasteiger partial charge in [-0.15, -0.1) is 0 Å². The summed E-state index contributed by atoms with van der Waals surface area (Å²) in [5.74, 6) is 1.64. The van der Waals surface area contributed by atoms with Crippen LogP contribution in [0.15, 0.2) is 21.2 Å². The second-order valence-corrected chi connectivity index (χ2v) is 6.48. The van der Waals surface area contributed by atoms with Crippen molar-refractivity contribution in [1.82, 2.24) is 4.90 Å². The highest BCUT2D eigenvalue weighted by molar-refractivity contribution is 9.10. The molecule has 1 aliphatic heterocycles. The first-order valence-corrected chi connectivity index (χ1v) is 7.61. The summed E-state index contributed by atoms with van der Waals surface area (Å²) in [7, 11) is 0. The van der Waals surface area contributed by atoms with Gasteiger partial charge in [-0.2, -0.15) is 0 Å². The molecule has 1 aromatic heterocycles. The van der Waals surface area contributed by atoms with Crippen LogP contribution in [0.2, 0.25) is 0 Å². The van der Waals surface area contributed by atoms with Gasteiger partial charge in [0.05, 0.1) is 16.8 Å². The minimum absolute atomic E-state index is 0.161. The summed E-state index contributed by atoms with van der Waals surface area (Å²) in [5, 5.41) is 0. The van der Waals surface area contributed by atoms with Gasteiger partial charge in [-0.25, -0.2) is 0 Å². The predicted octanol–water partition coefficient (Wildman–Crippen LogP) is 3.55. The van der Waals surface area contributed by atoms with E-state index in [-0.39, 0.29) is 12.1 Å². The molecule has 2 N–H and O–H groups in total. The third-order valence-electron chi connectivity index (χ3n) is 3.54. The van der Waals surface area contributed by atoms with Gasteiger partial charge in [0, 0.05) is 12.6 Å². The average molecular weight is 315 g/mol. The van der Waals surface area contributed by atoms with E-state index in [9.17, 15) is 0 Å². The molecule has 0 bridgehead atoms. The number of rotatable bonds is 3. The summed E-state index contributed by atoms with van der Waals surface area (Å²) >= 11 is 3.57. The maximum absolute atomic E-state index is 6.38. The van der Waals surface area contributed by atoms with Crippen LogP contribution in [-0.2, 0) is 0 Å². The van der Waals surface area contributed by atoms with Crippen molar-refractivity contribution >= 4 is 15.9 Å². The van der Waals surface area contributed by atoms with Crippen LogP contribution >= 0.6 is 15.9 Å². The van der Waals surface area contributed by atoms with Crippen molar-refractivity contribution < 1.29 is 4.42 Å². The monoisotopic (exact) mass is 314 g/mol. The molecular formula is C14H23BrN2O. The van der Waals surface area contributed by atoms with E-state index in [1.54, 1.807) is 6.26 Å². The van der Waals surface area contributed by atoms with E-state index in [2.05, 4.69) is 34.7 Å². The predicted molar refractivity (Wildman–Crippen MR) is 77.4 cm³/mol. The molecule has 2 rings (SSSR count). The van der Waals surface area contributed by atoms with Gasteiger partial charge in [0.2, 0.25) is 0 Å². The summed E-state index contributed by atoms with van der Waals surface area (Å²) in [4.78, 5) is 2.49. The Morgan fingerprint density at radius 3 is 2.89 bits per heavy atom. The summed E-state index contributed by atoms with van der Waals surface area (Å²) < 4.78 is 6.71. The minimum Gasteiger partial charge on any atom is -0.466 e. The molecule has 1 saturated heterocycles. The Morgan fingerprint density at radius 1 is 1.50 bits per heavy atom. The Balaban J connectivity index is 2.26. The first kappa shape index (κ1) is 14.1. The van der Waals surface area contributed by atoms with Crippen LogP contribution in [0.5, 0.6) is 0 Å². The van der Waals surface area contributed by atoms with Crippen LogP contribution in [-0.4, -0.2) is 24.0 Å². The fraction of sp³-hybridized carbons (Fsp3) is 0.714. The van der Waals surface area contributed by atoms with E-state index in [0.29, 0.717) is 5.92 Å². The smallest absolute Gasteiger partial charge is 0.136 e. The largest absolute Gasteiger partial charge is 0.466 e. The molecule has 0 aliphatic carbocycles. The van der Waals surface area contributed by atoms with E-state index in [1.165, 1.54) is 12.8 Å². The van der Waals surface area contributed by atoms with Crippen LogP contribution < -0.4 is 5.73 Å². The van der Waals surface area contributed by atoms with Crippen molar-refractivity contribution in [1.29, 1.82) is 0 Å². The molecule has 4 heteroatoms. The summed E-state index contributed by atoms with van der Waals surface area (Å²) in [6.07, 6.45) is 5.26. The van der Waals surface area contributed by atoms with Crippen LogP contribution in [0.25, 0.3) is 0 Å². The Morgan fingerprint density at radius 2 is 2.28 bits per heavy atom. The molecule has 2 unspecified atom stereocenters. The van der Waals surface area contributed by atoms with Crippen molar-refractivity contribution in [3.8, 4) is 0 Å². The molecule has 2 atom stereocenters. The van der Waals surface area contributed by atoms with Crippen LogP contribution in [0, 0.1) is 5.92 Å². The molecule has 0 saturated carbocycles. The van der Waals surface area contributed by atoms with Gasteiger partial charge in [-0.1, -0.05) is 20.3 Å². The number of hydrogen-bond donors (Lipinski definition) is 1. The molecule has 1 aliphatic rings. The molecule has 1 fully saturated rings. The average Bonchev–Trinajstić information content (AvgIpc) is 2.62. The maximum Gasteiger partial charge on any atom is 0.136 e. The number of halogens is 1. The van der Waals surface area contributed by atoms with E-state index in [4.69, 9.17) is 10.2 Å². The lowest BCUT2D eigenvalue weighted by Gasteiger charge is -2.33. The van der Waals surface area contributed by atoms with Crippen LogP contribution in [0.3, 0.4) is 0 Å². The summed E-state index contributed by atoms with van der Waals surface area (Å²) in [6, 6.07) is 2.33. The molecule has 18 heavy (non-hydrogen) atoms. The van der Waals surface area contributed by atoms with Gasteiger partial charge in [-0.3, -0.25) is 4.90 Å². The Kier molecular flexibility index (Phi) is 4.87. The third kappa shape index (κ3) is 3.16. The molecule has 3 nitrogen and oxygen atoms in total. The van der Waals surface area contributed by atoms with E-state index < -0.39 is 0 Å². The number of likely N-dealkylation sites (tertiary alicyclic amines) is 1. The van der Waals surface area contributed by atoms with E-state index in [0.717, 1.165) is 29.7 Å². The Labute approximate surface area is 118 Å². The standard InChI is InChI=1S/C14H23BrN2O/c1-10(2)9-17-7-4-3-5-12(16)13(17)14-11(15)6-8-18-14/h6,8,10,12-13H,3-5,7,9,16H2,1-2H3. The lowest BCUT2D eigenvalue weighted by molar-refractivity contribution is 0.145. The van der Waals surface area contributed by atoms with Crippen molar-refractivity contribution in [2.24, 2.45) is 11.7 Å². The number of nitrogens with two attached hydrogens (primary N) is 1. The number of furan rings is 1. The fourth-order valence-electron chi connectivity index (χ4n) is 2.81. The lowest BCUT2D eigenvalue weighted by Crippen LogP contribution is -2.41. The van der Waals surface area contributed by atoms with Crippen molar-refractivity contribution in [3.05, 3.63) is 22.6 Å². The minimum atomic E-state index is 0.161. The zero-order valence-corrected chi connectivity index (χ0v) is 12.8. The van der Waals surface area contributed by atoms with Crippen LogP contribution in [0.4, 0.5) is 0 Å². The quantitative estimate of drug-likeness (QED) is 0.927. The van der Waals surface area contributed by atoms with Crippen LogP contribution in [0.1, 0.15) is 44.9 Å². The molecule has 102 valence electrons. The highest BCUT2D eigenvalue weighted by Gasteiger charge is 2.32. The van der Waals surface area contributed by atoms with Gasteiger partial charge in [-0.05, 0) is 47.3 Å². The van der Waals surface area contributed by atoms with Crippen molar-refractivity contribution in [3.63, 3.8) is 0 Å². The van der Waals surface area contributed by atoms with Crippen molar-refractivity contribution in [2.45, 2.75) is 45.2 Å². The molecular weight excluding hydrogens is 292 g/mol. The molecule has 1 aromatic rings. The van der Waals surface area contributed by atoms with E-state index >= 15 is 0 Å². The second kappa shape index (κ2) is 6.22. The Bertz CT molecular complexity index is 378. The van der Waals surface area contributed by atoms with E-state index in [1.807, 2.05) is 6.07 Å². The highest BCUT2D eigenvalue weighted by atomic mass is 79.9. The second-order valence-electron chi connectivity index (χ2n) is 5.63. The van der Waals surface area contributed by atoms with Gasteiger partial charge in [0.1, 0.15) is 5.76 Å². The normalized spacial score (nSPS) is 26.5. The zero-order chi connectivity index (χ0) is 13.1. The molecule has 0 amide bonds. The highest BCUT2D eigenvalue weighted by Crippen LogP contribution is 2.34. The summed E-state index contributed by atoms with van der Waals surface area (Å²) in [5.41, 5.74) is 6.38. The van der Waals surface area contributed by atoms with Gasteiger partial charge in [0.25, 0.3) is 0 Å². The summed E-state index contributed by atoms with van der Waals surface area (Å²) in [6.45, 7) is 6.70. The Hall–Kier alpha value is -0.320. The zero-order valence-electron chi connectivity index (χ0n) is 11.2. The maximum atomic E-state index is 6.38. The lowest BCUT2D eigenvalue weighted by atomic mass is 10.0. The molecule has 0 radical (unpaired) electrons. The topological polar surface area (TPSA) is 42.4 Å². The molecule has 0 aromatic carbocycles. The SMILES string of the molecule is CC(C)CN1CCCCC(N)C1c1occc1Br. The molecule has 0 spiro atoms. The number of hydrogen-bond acceptors (Lipinski definition) is 3. The number of nitrogens with zero attached hydrogens (tertiary/aromatic N) is 1. The van der Waals surface area contributed by atoms with Gasteiger partial charge >= 0.3 is 0 Å². The fourth-order valence-corrected chi connectivity index (χ4v) is 3.25. The van der Waals surface area contributed by atoms with Crippen molar-refractivity contribution in [2.75, 3.05) is 13.1 Å². The van der Waals surface area contributed by atoms with Gasteiger partial charge in [0.15, 0.2) is 0 Å². The third-order valence-corrected chi connectivity index (χ3v) is 4.20. The first-order valence-electron chi connectivity index (χ1n) is 6.82.